The van der Waals surface area contributed by atoms with Crippen molar-refractivity contribution in [2.24, 2.45) is 0 Å². The van der Waals surface area contributed by atoms with E-state index in [1.165, 1.54) is 35.2 Å². The summed E-state index contributed by atoms with van der Waals surface area (Å²) in [6, 6.07) is 6.25. The zero-order chi connectivity index (χ0) is 15.2. The van der Waals surface area contributed by atoms with E-state index in [0.717, 1.165) is 15.6 Å². The van der Waals surface area contributed by atoms with Crippen molar-refractivity contribution in [3.63, 3.8) is 0 Å². The smallest absolute Gasteiger partial charge is 0.303 e. The molecule has 1 aromatic carbocycles. The van der Waals surface area contributed by atoms with Crippen molar-refractivity contribution < 1.29 is 14.8 Å². The summed E-state index contributed by atoms with van der Waals surface area (Å²) in [5, 5.41) is 21.0. The Balaban J connectivity index is 1.96. The molecular formula is C13H12N2O4S2. The van der Waals surface area contributed by atoms with Crippen molar-refractivity contribution in [1.29, 1.82) is 0 Å². The molecule has 6 nitrogen and oxygen atoms in total. The maximum atomic E-state index is 10.6. The van der Waals surface area contributed by atoms with Crippen LogP contribution in [0, 0.1) is 10.1 Å². The van der Waals surface area contributed by atoms with Crippen LogP contribution in [-0.4, -0.2) is 26.7 Å². The van der Waals surface area contributed by atoms with E-state index in [9.17, 15) is 14.9 Å². The molecule has 0 bridgehead atoms. The molecule has 0 amide bonds. The quantitative estimate of drug-likeness (QED) is 0.361. The molecule has 2 aromatic rings. The summed E-state index contributed by atoms with van der Waals surface area (Å²) in [6.45, 7) is 0. The first-order valence-corrected chi connectivity index (χ1v) is 7.98. The number of nitrogens with zero attached hydrogens (tertiary/aromatic N) is 2. The van der Waals surface area contributed by atoms with Gasteiger partial charge in [-0.05, 0) is 18.6 Å². The molecule has 0 saturated carbocycles. The van der Waals surface area contributed by atoms with E-state index < -0.39 is 10.9 Å². The second kappa shape index (κ2) is 7.19. The van der Waals surface area contributed by atoms with Gasteiger partial charge in [0.2, 0.25) is 0 Å². The highest BCUT2D eigenvalue weighted by molar-refractivity contribution is 8.01. The Hall–Kier alpha value is -1.93. The Morgan fingerprint density at radius 1 is 1.38 bits per heavy atom. The topological polar surface area (TPSA) is 93.3 Å². The number of hydrogen-bond donors (Lipinski definition) is 1. The van der Waals surface area contributed by atoms with Crippen molar-refractivity contribution in [3.8, 4) is 11.3 Å². The van der Waals surface area contributed by atoms with Gasteiger partial charge in [-0.15, -0.1) is 11.3 Å². The summed E-state index contributed by atoms with van der Waals surface area (Å²) in [7, 11) is 0. The number of carboxylic acid groups (broad SMARTS) is 1. The van der Waals surface area contributed by atoms with Gasteiger partial charge >= 0.3 is 5.97 Å². The highest BCUT2D eigenvalue weighted by Gasteiger charge is 2.08. The summed E-state index contributed by atoms with van der Waals surface area (Å²) in [5.41, 5.74) is 1.65. The van der Waals surface area contributed by atoms with E-state index in [4.69, 9.17) is 5.11 Å². The molecule has 0 unspecified atom stereocenters. The van der Waals surface area contributed by atoms with Gasteiger partial charge in [-0.2, -0.15) is 0 Å². The lowest BCUT2D eigenvalue weighted by Gasteiger charge is -1.97. The van der Waals surface area contributed by atoms with Crippen LogP contribution < -0.4 is 0 Å². The third kappa shape index (κ3) is 4.54. The van der Waals surface area contributed by atoms with Crippen LogP contribution in [0.1, 0.15) is 12.8 Å². The summed E-state index contributed by atoms with van der Waals surface area (Å²) in [6.07, 6.45) is 0.764. The van der Waals surface area contributed by atoms with Gasteiger partial charge in [-0.25, -0.2) is 4.98 Å². The van der Waals surface area contributed by atoms with Gasteiger partial charge in [-0.1, -0.05) is 11.8 Å². The second-order valence-corrected chi connectivity index (χ2v) is 6.35. The number of thioether (sulfide) groups is 1. The third-order valence-corrected chi connectivity index (χ3v) is 4.72. The van der Waals surface area contributed by atoms with Crippen molar-refractivity contribution in [1.82, 2.24) is 4.98 Å². The van der Waals surface area contributed by atoms with Crippen LogP contribution in [0.5, 0.6) is 0 Å². The monoisotopic (exact) mass is 324 g/mol. The predicted molar refractivity (Wildman–Crippen MR) is 81.8 cm³/mol. The van der Waals surface area contributed by atoms with Crippen LogP contribution in [0.4, 0.5) is 5.69 Å². The Bertz CT molecular complexity index is 640. The van der Waals surface area contributed by atoms with E-state index in [1.54, 1.807) is 12.1 Å². The number of nitro groups is 1. The summed E-state index contributed by atoms with van der Waals surface area (Å²) in [4.78, 5) is 25.0. The molecule has 110 valence electrons. The summed E-state index contributed by atoms with van der Waals surface area (Å²) < 4.78 is 0.869. The zero-order valence-electron chi connectivity index (χ0n) is 10.9. The SMILES string of the molecule is O=C(O)CCCSc1nc(-c2ccc([N+](=O)[O-])cc2)cs1. The highest BCUT2D eigenvalue weighted by Crippen LogP contribution is 2.29. The minimum atomic E-state index is -0.790. The molecule has 8 heteroatoms. The molecule has 0 fully saturated rings. The van der Waals surface area contributed by atoms with Gasteiger partial charge in [0.25, 0.3) is 5.69 Å². The first-order chi connectivity index (χ1) is 10.1. The fourth-order valence-corrected chi connectivity index (χ4v) is 3.44. The second-order valence-electron chi connectivity index (χ2n) is 4.15. The molecule has 21 heavy (non-hydrogen) atoms. The molecule has 1 heterocycles. The Kier molecular flexibility index (Phi) is 5.29. The first kappa shape index (κ1) is 15.5. The highest BCUT2D eigenvalue weighted by atomic mass is 32.2. The molecule has 0 spiro atoms. The number of benzene rings is 1. The third-order valence-electron chi connectivity index (χ3n) is 2.62. The lowest BCUT2D eigenvalue weighted by Crippen LogP contribution is -1.94. The number of aromatic nitrogens is 1. The van der Waals surface area contributed by atoms with E-state index in [0.29, 0.717) is 12.2 Å². The number of aliphatic carboxylic acids is 1. The predicted octanol–water partition coefficient (Wildman–Crippen LogP) is 3.68. The van der Waals surface area contributed by atoms with Crippen LogP contribution in [-0.2, 0) is 4.79 Å². The maximum absolute atomic E-state index is 10.6. The number of hydrogen-bond acceptors (Lipinski definition) is 6. The van der Waals surface area contributed by atoms with Crippen molar-refractivity contribution in [2.45, 2.75) is 17.2 Å². The van der Waals surface area contributed by atoms with Gasteiger partial charge in [-0.3, -0.25) is 14.9 Å². The average molecular weight is 324 g/mol. The summed E-state index contributed by atoms with van der Waals surface area (Å²) >= 11 is 3.01. The fourth-order valence-electron chi connectivity index (χ4n) is 1.59. The molecule has 0 atom stereocenters. The molecule has 0 aliphatic rings. The van der Waals surface area contributed by atoms with Crippen LogP contribution >= 0.6 is 23.1 Å². The van der Waals surface area contributed by atoms with Gasteiger partial charge in [0, 0.05) is 35.2 Å². The Labute approximate surface area is 129 Å². The zero-order valence-corrected chi connectivity index (χ0v) is 12.5. The molecule has 1 aromatic heterocycles. The summed E-state index contributed by atoms with van der Waals surface area (Å²) in [5.74, 6) is -0.0826. The lowest BCUT2D eigenvalue weighted by atomic mass is 10.1. The van der Waals surface area contributed by atoms with Crippen LogP contribution in [0.15, 0.2) is 34.0 Å². The van der Waals surface area contributed by atoms with Crippen LogP contribution in [0.25, 0.3) is 11.3 Å². The van der Waals surface area contributed by atoms with E-state index in [-0.39, 0.29) is 12.1 Å². The first-order valence-electron chi connectivity index (χ1n) is 6.11. The standard InChI is InChI=1S/C13H12N2O4S2/c16-12(17)2-1-7-20-13-14-11(8-21-13)9-3-5-10(6-4-9)15(18)19/h3-6,8H,1-2,7H2,(H,16,17). The van der Waals surface area contributed by atoms with Crippen LogP contribution in [0.2, 0.25) is 0 Å². The number of non-ortho nitro benzene ring substituents is 1. The molecule has 1 N–H and O–H groups in total. The van der Waals surface area contributed by atoms with Crippen molar-refractivity contribution in [2.75, 3.05) is 5.75 Å². The number of carbonyl (C=O) groups is 1. The van der Waals surface area contributed by atoms with Crippen molar-refractivity contribution >= 4 is 34.8 Å². The lowest BCUT2D eigenvalue weighted by molar-refractivity contribution is -0.384. The molecular weight excluding hydrogens is 312 g/mol. The number of carboxylic acids is 1. The minimum Gasteiger partial charge on any atom is -0.481 e. The van der Waals surface area contributed by atoms with Crippen LogP contribution in [0.3, 0.4) is 0 Å². The molecule has 0 aliphatic heterocycles. The maximum Gasteiger partial charge on any atom is 0.303 e. The number of thiazole rings is 1. The number of rotatable bonds is 7. The molecule has 0 saturated heterocycles. The largest absolute Gasteiger partial charge is 0.481 e. The minimum absolute atomic E-state index is 0.0530. The molecule has 0 aliphatic carbocycles. The van der Waals surface area contributed by atoms with E-state index >= 15 is 0 Å². The average Bonchev–Trinajstić information content (AvgIpc) is 2.92. The van der Waals surface area contributed by atoms with Gasteiger partial charge in [0.05, 0.1) is 10.6 Å². The molecule has 2 rings (SSSR count). The van der Waals surface area contributed by atoms with Gasteiger partial charge < -0.3 is 5.11 Å². The normalized spacial score (nSPS) is 10.5. The van der Waals surface area contributed by atoms with Gasteiger partial charge in [0.15, 0.2) is 4.34 Å². The van der Waals surface area contributed by atoms with E-state index in [2.05, 4.69) is 4.98 Å². The fraction of sp³-hybridized carbons (Fsp3) is 0.231. The molecule has 0 radical (unpaired) electrons. The van der Waals surface area contributed by atoms with E-state index in [1.807, 2.05) is 5.38 Å². The Morgan fingerprint density at radius 3 is 2.71 bits per heavy atom. The Morgan fingerprint density at radius 2 is 2.10 bits per heavy atom. The van der Waals surface area contributed by atoms with Crippen molar-refractivity contribution in [3.05, 3.63) is 39.8 Å². The van der Waals surface area contributed by atoms with Gasteiger partial charge in [0.1, 0.15) is 0 Å². The number of nitro benzene ring substituents is 1.